The van der Waals surface area contributed by atoms with Crippen molar-refractivity contribution in [2.24, 2.45) is 0 Å². The summed E-state index contributed by atoms with van der Waals surface area (Å²) in [5.41, 5.74) is 13.1. The minimum atomic E-state index is 1.10. The molecule has 0 N–H and O–H groups in total. The Morgan fingerprint density at radius 2 is 0.638 bits per heavy atom. The molecule has 0 amide bonds. The van der Waals surface area contributed by atoms with Crippen LogP contribution in [-0.2, 0) is 0 Å². The lowest BCUT2D eigenvalue weighted by Gasteiger charge is -2.27. The van der Waals surface area contributed by atoms with Crippen LogP contribution in [0.25, 0.3) is 86.2 Å². The van der Waals surface area contributed by atoms with Crippen LogP contribution in [0.4, 0.5) is 17.1 Å². The van der Waals surface area contributed by atoms with Crippen molar-refractivity contribution in [2.75, 3.05) is 4.90 Å². The fourth-order valence-electron chi connectivity index (χ4n) is 8.72. The van der Waals surface area contributed by atoms with E-state index in [-0.39, 0.29) is 0 Å². The van der Waals surface area contributed by atoms with Gasteiger partial charge in [0.2, 0.25) is 0 Å². The van der Waals surface area contributed by atoms with Crippen LogP contribution in [0.5, 0.6) is 0 Å². The Bertz CT molecular complexity index is 3240. The van der Waals surface area contributed by atoms with E-state index in [0.717, 1.165) is 17.1 Å². The van der Waals surface area contributed by atoms with Crippen LogP contribution in [0.1, 0.15) is 0 Å². The topological polar surface area (TPSA) is 3.24 Å². The van der Waals surface area contributed by atoms with Crippen LogP contribution in [0, 0.1) is 0 Å². The van der Waals surface area contributed by atoms with Gasteiger partial charge in [-0.25, -0.2) is 0 Å². The van der Waals surface area contributed by atoms with Crippen LogP contribution in [0.3, 0.4) is 0 Å². The van der Waals surface area contributed by atoms with E-state index in [1.54, 1.807) is 0 Å². The quantitative estimate of drug-likeness (QED) is 0.146. The molecule has 0 aliphatic rings. The molecule has 0 aliphatic heterocycles. The molecule has 0 radical (unpaired) electrons. The molecule has 0 saturated carbocycles. The van der Waals surface area contributed by atoms with Gasteiger partial charge in [-0.1, -0.05) is 176 Å². The van der Waals surface area contributed by atoms with Crippen molar-refractivity contribution in [3.8, 4) is 44.5 Å². The number of benzene rings is 10. The molecule has 0 fully saturated rings. The molecule has 0 saturated heterocycles. The maximum atomic E-state index is 2.43. The van der Waals surface area contributed by atoms with Crippen molar-refractivity contribution < 1.29 is 0 Å². The minimum Gasteiger partial charge on any atom is -0.310 e. The third-order valence-electron chi connectivity index (χ3n) is 11.5. The molecule has 1 aromatic heterocycles. The van der Waals surface area contributed by atoms with Crippen LogP contribution < -0.4 is 4.90 Å². The lowest BCUT2D eigenvalue weighted by atomic mass is 9.85. The van der Waals surface area contributed by atoms with Gasteiger partial charge in [0.1, 0.15) is 0 Å². The van der Waals surface area contributed by atoms with E-state index < -0.39 is 0 Å². The van der Waals surface area contributed by atoms with Crippen LogP contribution in [-0.4, -0.2) is 0 Å². The number of thiophene rings is 1. The maximum absolute atomic E-state index is 2.43. The van der Waals surface area contributed by atoms with Gasteiger partial charge in [-0.15, -0.1) is 11.3 Å². The summed E-state index contributed by atoms with van der Waals surface area (Å²) in [5.74, 6) is 0. The number of fused-ring (bicyclic) bond motifs is 6. The molecule has 0 spiro atoms. The van der Waals surface area contributed by atoms with Crippen molar-refractivity contribution in [2.45, 2.75) is 0 Å². The van der Waals surface area contributed by atoms with Crippen LogP contribution in [0.2, 0.25) is 0 Å². The molecule has 11 rings (SSSR count). The summed E-state index contributed by atoms with van der Waals surface area (Å²) < 4.78 is 2.60. The molecule has 1 heterocycles. The van der Waals surface area contributed by atoms with Gasteiger partial charge in [-0.05, 0) is 115 Å². The fraction of sp³-hybridized carbons (Fsp3) is 0. The van der Waals surface area contributed by atoms with E-state index in [0.29, 0.717) is 0 Å². The second-order valence-electron chi connectivity index (χ2n) is 14.9. The first-order valence-corrected chi connectivity index (χ1v) is 20.7. The summed E-state index contributed by atoms with van der Waals surface area (Å²) in [5, 5.41) is 7.55. The Morgan fingerprint density at radius 1 is 0.241 bits per heavy atom. The SMILES string of the molecule is c1ccc(-c2ccc(-c3ccc(N(c4ccc5c(c4)c(-c4ccccc4)c(-c4ccccc4)c4ccccc45)c4ccc5sc6ccccc6c5c4)cc3)cc2)cc1. The molecular formula is C56H37NS. The first kappa shape index (κ1) is 34.0. The van der Waals surface area contributed by atoms with Gasteiger partial charge < -0.3 is 4.90 Å². The van der Waals surface area contributed by atoms with E-state index in [9.17, 15) is 0 Å². The third-order valence-corrected chi connectivity index (χ3v) is 12.6. The average molecular weight is 756 g/mol. The summed E-state index contributed by atoms with van der Waals surface area (Å²) in [6, 6.07) is 82.0. The molecule has 1 nitrogen and oxygen atoms in total. The summed E-state index contributed by atoms with van der Waals surface area (Å²) in [4.78, 5) is 2.43. The van der Waals surface area contributed by atoms with Crippen molar-refractivity contribution in [3.63, 3.8) is 0 Å². The van der Waals surface area contributed by atoms with Gasteiger partial charge in [0.25, 0.3) is 0 Å². The lowest BCUT2D eigenvalue weighted by molar-refractivity contribution is 1.30. The van der Waals surface area contributed by atoms with E-state index in [2.05, 4.69) is 229 Å². The Hall–Kier alpha value is -7.26. The monoisotopic (exact) mass is 755 g/mol. The molecule has 0 aliphatic carbocycles. The van der Waals surface area contributed by atoms with E-state index >= 15 is 0 Å². The Balaban J connectivity index is 1.12. The molecule has 11 aromatic rings. The molecule has 0 unspecified atom stereocenters. The summed E-state index contributed by atoms with van der Waals surface area (Å²) in [6.07, 6.45) is 0. The molecular weight excluding hydrogens is 719 g/mol. The van der Waals surface area contributed by atoms with Gasteiger partial charge in [0.05, 0.1) is 0 Å². The smallest absolute Gasteiger partial charge is 0.0468 e. The molecule has 2 heteroatoms. The zero-order chi connectivity index (χ0) is 38.4. The Kier molecular flexibility index (Phi) is 8.42. The largest absolute Gasteiger partial charge is 0.310 e. The molecule has 10 aromatic carbocycles. The third kappa shape index (κ3) is 5.94. The van der Waals surface area contributed by atoms with Crippen molar-refractivity contribution in [3.05, 3.63) is 224 Å². The molecule has 0 bridgehead atoms. The first-order valence-electron chi connectivity index (χ1n) is 19.8. The van der Waals surface area contributed by atoms with E-state index in [1.807, 2.05) is 11.3 Å². The zero-order valence-electron chi connectivity index (χ0n) is 31.7. The number of hydrogen-bond acceptors (Lipinski definition) is 2. The number of nitrogens with zero attached hydrogens (tertiary/aromatic N) is 1. The van der Waals surface area contributed by atoms with Crippen molar-refractivity contribution in [1.82, 2.24) is 0 Å². The lowest BCUT2D eigenvalue weighted by Crippen LogP contribution is -2.10. The predicted molar refractivity (Wildman–Crippen MR) is 251 cm³/mol. The highest BCUT2D eigenvalue weighted by atomic mass is 32.1. The van der Waals surface area contributed by atoms with Crippen LogP contribution in [0.15, 0.2) is 224 Å². The minimum absolute atomic E-state index is 1.10. The number of rotatable bonds is 7. The standard InChI is InChI=1S/C56H37NS/c1-4-14-38(15-5-1)39-24-26-40(27-25-39)41-28-30-44(31-29-41)57(46-33-35-54-51(36-46)49-21-12-13-23-53(49)58-54)45-32-34-48-47-20-10-11-22-50(47)55(42-16-6-2-7-17-42)56(52(48)37-45)43-18-8-3-9-19-43/h1-37H. The molecule has 272 valence electrons. The fourth-order valence-corrected chi connectivity index (χ4v) is 9.80. The summed E-state index contributed by atoms with van der Waals surface area (Å²) >= 11 is 1.86. The number of anilines is 3. The van der Waals surface area contributed by atoms with E-state index in [4.69, 9.17) is 0 Å². The van der Waals surface area contributed by atoms with E-state index in [1.165, 1.54) is 86.2 Å². The number of hydrogen-bond donors (Lipinski definition) is 0. The second-order valence-corrected chi connectivity index (χ2v) is 15.9. The first-order chi connectivity index (χ1) is 28.8. The highest BCUT2D eigenvalue weighted by Gasteiger charge is 2.21. The Morgan fingerprint density at radius 3 is 1.26 bits per heavy atom. The predicted octanol–water partition coefficient (Wildman–Crippen LogP) is 16.5. The normalized spacial score (nSPS) is 11.4. The second kappa shape index (κ2) is 14.4. The highest BCUT2D eigenvalue weighted by Crippen LogP contribution is 2.47. The molecule has 58 heavy (non-hydrogen) atoms. The van der Waals surface area contributed by atoms with Gasteiger partial charge in [-0.3, -0.25) is 0 Å². The van der Waals surface area contributed by atoms with Crippen LogP contribution >= 0.6 is 11.3 Å². The summed E-state index contributed by atoms with van der Waals surface area (Å²) in [7, 11) is 0. The maximum Gasteiger partial charge on any atom is 0.0468 e. The van der Waals surface area contributed by atoms with Gasteiger partial charge >= 0.3 is 0 Å². The highest BCUT2D eigenvalue weighted by molar-refractivity contribution is 7.25. The van der Waals surface area contributed by atoms with Crippen molar-refractivity contribution in [1.29, 1.82) is 0 Å². The summed E-state index contributed by atoms with van der Waals surface area (Å²) in [6.45, 7) is 0. The van der Waals surface area contributed by atoms with Gasteiger partial charge in [0.15, 0.2) is 0 Å². The zero-order valence-corrected chi connectivity index (χ0v) is 32.5. The van der Waals surface area contributed by atoms with Gasteiger partial charge in [0, 0.05) is 37.2 Å². The van der Waals surface area contributed by atoms with Crippen molar-refractivity contribution >= 4 is 70.1 Å². The Labute approximate surface area is 342 Å². The average Bonchev–Trinajstić information content (AvgIpc) is 3.68. The molecule has 0 atom stereocenters. The van der Waals surface area contributed by atoms with Gasteiger partial charge in [-0.2, -0.15) is 0 Å².